The van der Waals surface area contributed by atoms with E-state index in [9.17, 15) is 18.4 Å². The molecule has 43 heavy (non-hydrogen) atoms. The number of halogens is 2. The number of H-pyrrole nitrogens is 1. The van der Waals surface area contributed by atoms with Crippen LogP contribution in [-0.4, -0.2) is 46.9 Å². The Labute approximate surface area is 245 Å². The number of hydrogen-bond acceptors (Lipinski definition) is 8. The number of benzene rings is 2. The van der Waals surface area contributed by atoms with Gasteiger partial charge >= 0.3 is 6.09 Å². The van der Waals surface area contributed by atoms with Gasteiger partial charge in [0.2, 0.25) is 5.82 Å². The molecule has 0 radical (unpaired) electrons. The lowest BCUT2D eigenvalue weighted by atomic mass is 10.0. The van der Waals surface area contributed by atoms with Crippen molar-refractivity contribution in [3.05, 3.63) is 93.8 Å². The van der Waals surface area contributed by atoms with Crippen molar-refractivity contribution in [3.8, 4) is 17.1 Å². The normalized spacial score (nSPS) is 12.5. The summed E-state index contributed by atoms with van der Waals surface area (Å²) < 4.78 is 35.3. The van der Waals surface area contributed by atoms with E-state index in [1.807, 2.05) is 13.8 Å². The van der Waals surface area contributed by atoms with E-state index in [1.54, 1.807) is 57.3 Å². The number of pyridine rings is 1. The van der Waals surface area contributed by atoms with Gasteiger partial charge in [0, 0.05) is 23.7 Å². The molecule has 0 aliphatic rings. The topological polar surface area (TPSA) is 141 Å². The Morgan fingerprint density at radius 2 is 1.81 bits per heavy atom. The number of fused-ring (bicyclic) bond motifs is 1. The Balaban J connectivity index is 1.74. The lowest BCUT2D eigenvalue weighted by molar-refractivity contribution is 0.0500. The maximum Gasteiger partial charge on any atom is 0.408 e. The van der Waals surface area contributed by atoms with Gasteiger partial charge in [0.05, 0.1) is 28.8 Å². The SMILES string of the molecule is CC(C)c1ccc(-n2c(C(Cc3cc(F)cc(F)c3)NC(=O)OC(C)(C)C)nc3cc(-c4nn[nH]n4)ccc3c2=O)cn1. The third-order valence-electron chi connectivity index (χ3n) is 6.48. The van der Waals surface area contributed by atoms with E-state index in [0.29, 0.717) is 17.1 Å². The van der Waals surface area contributed by atoms with Crippen LogP contribution < -0.4 is 10.9 Å². The number of tetrazole rings is 1. The molecule has 0 bridgehead atoms. The van der Waals surface area contributed by atoms with Crippen molar-refractivity contribution in [1.29, 1.82) is 0 Å². The quantitative estimate of drug-likeness (QED) is 0.265. The van der Waals surface area contributed by atoms with Crippen LogP contribution in [0.4, 0.5) is 13.6 Å². The van der Waals surface area contributed by atoms with Crippen molar-refractivity contribution in [1.82, 2.24) is 40.5 Å². The third kappa shape index (κ3) is 6.71. The van der Waals surface area contributed by atoms with E-state index >= 15 is 0 Å². The van der Waals surface area contributed by atoms with Crippen LogP contribution in [0.5, 0.6) is 0 Å². The van der Waals surface area contributed by atoms with Gasteiger partial charge in [-0.3, -0.25) is 14.3 Å². The van der Waals surface area contributed by atoms with Gasteiger partial charge < -0.3 is 10.1 Å². The molecule has 11 nitrogen and oxygen atoms in total. The summed E-state index contributed by atoms with van der Waals surface area (Å²) >= 11 is 0. The summed E-state index contributed by atoms with van der Waals surface area (Å²) in [6.07, 6.45) is 0.631. The van der Waals surface area contributed by atoms with Gasteiger partial charge in [0.15, 0.2) is 0 Å². The van der Waals surface area contributed by atoms with E-state index in [0.717, 1.165) is 23.9 Å². The summed E-state index contributed by atoms with van der Waals surface area (Å²) in [4.78, 5) is 36.5. The third-order valence-corrected chi connectivity index (χ3v) is 6.48. The molecule has 0 spiro atoms. The summed E-state index contributed by atoms with van der Waals surface area (Å²) in [7, 11) is 0. The zero-order valence-electron chi connectivity index (χ0n) is 24.2. The number of rotatable bonds is 7. The number of aromatic nitrogens is 7. The van der Waals surface area contributed by atoms with Crippen LogP contribution in [0.1, 0.15) is 63.7 Å². The molecule has 1 atom stereocenters. The molecule has 13 heteroatoms. The minimum atomic E-state index is -1.06. The maximum atomic E-state index is 14.2. The minimum absolute atomic E-state index is 0.0948. The van der Waals surface area contributed by atoms with Crippen molar-refractivity contribution in [2.45, 2.75) is 58.6 Å². The smallest absolute Gasteiger partial charge is 0.408 e. The highest BCUT2D eigenvalue weighted by atomic mass is 19.1. The second-order valence-electron chi connectivity index (χ2n) is 11.4. The fourth-order valence-electron chi connectivity index (χ4n) is 4.60. The van der Waals surface area contributed by atoms with Gasteiger partial charge in [-0.25, -0.2) is 18.6 Å². The fourth-order valence-corrected chi connectivity index (χ4v) is 4.60. The van der Waals surface area contributed by atoms with Crippen molar-refractivity contribution in [3.63, 3.8) is 0 Å². The Bertz CT molecular complexity index is 1810. The summed E-state index contributed by atoms with van der Waals surface area (Å²) in [5.41, 5.74) is 0.980. The average Bonchev–Trinajstić information content (AvgIpc) is 3.46. The van der Waals surface area contributed by atoms with E-state index in [2.05, 4.69) is 30.9 Å². The highest BCUT2D eigenvalue weighted by Gasteiger charge is 2.27. The first-order valence-electron chi connectivity index (χ1n) is 13.6. The molecule has 0 saturated carbocycles. The van der Waals surface area contributed by atoms with Gasteiger partial charge in [-0.05, 0) is 73.9 Å². The van der Waals surface area contributed by atoms with E-state index in [-0.39, 0.29) is 34.6 Å². The number of carbonyl (C=O) groups excluding carboxylic acids is 1. The highest BCUT2D eigenvalue weighted by Crippen LogP contribution is 2.26. The van der Waals surface area contributed by atoms with E-state index < -0.39 is 34.9 Å². The van der Waals surface area contributed by atoms with Crippen LogP contribution in [0, 0.1) is 11.6 Å². The maximum absolute atomic E-state index is 14.2. The number of hydrogen-bond donors (Lipinski definition) is 2. The minimum Gasteiger partial charge on any atom is -0.444 e. The molecule has 5 rings (SSSR count). The van der Waals surface area contributed by atoms with Crippen LogP contribution in [0.3, 0.4) is 0 Å². The lowest BCUT2D eigenvalue weighted by Crippen LogP contribution is -2.39. The standard InChI is InChI=1S/C30H30F2N8O3/c1-16(2)23-9-7-21(15-33-23)40-27(34-24-13-18(26-36-38-39-37-26)6-8-22(24)28(40)41)25(35-29(42)43-30(3,4)5)12-17-10-19(31)14-20(32)11-17/h6-11,13-16,25H,12H2,1-5H3,(H,35,42)(H,36,37,38,39). The zero-order valence-corrected chi connectivity index (χ0v) is 24.2. The first-order chi connectivity index (χ1) is 20.4. The molecular formula is C30H30F2N8O3. The molecule has 0 aliphatic carbocycles. The number of amides is 1. The summed E-state index contributed by atoms with van der Waals surface area (Å²) in [6.45, 7) is 9.11. The zero-order chi connectivity index (χ0) is 30.9. The summed E-state index contributed by atoms with van der Waals surface area (Å²) in [6, 6.07) is 10.4. The number of nitrogens with zero attached hydrogens (tertiary/aromatic N) is 6. The molecular weight excluding hydrogens is 558 g/mol. The van der Waals surface area contributed by atoms with Crippen molar-refractivity contribution in [2.75, 3.05) is 0 Å². The molecule has 0 saturated heterocycles. The van der Waals surface area contributed by atoms with Gasteiger partial charge in [0.1, 0.15) is 23.1 Å². The Hall–Kier alpha value is -5.07. The van der Waals surface area contributed by atoms with Gasteiger partial charge in [0.25, 0.3) is 5.56 Å². The predicted octanol–water partition coefficient (Wildman–Crippen LogP) is 5.17. The van der Waals surface area contributed by atoms with E-state index in [4.69, 9.17) is 9.72 Å². The van der Waals surface area contributed by atoms with Crippen LogP contribution in [0.25, 0.3) is 28.0 Å². The second kappa shape index (κ2) is 11.7. The first kappa shape index (κ1) is 29.4. The van der Waals surface area contributed by atoms with Gasteiger partial charge in [-0.1, -0.05) is 19.9 Å². The Kier molecular flexibility index (Phi) is 7.98. The van der Waals surface area contributed by atoms with Crippen LogP contribution in [-0.2, 0) is 11.2 Å². The molecule has 5 aromatic rings. The monoisotopic (exact) mass is 588 g/mol. The molecule has 1 unspecified atom stereocenters. The van der Waals surface area contributed by atoms with Crippen LogP contribution in [0.15, 0.2) is 59.5 Å². The molecule has 2 aromatic carbocycles. The summed E-state index contributed by atoms with van der Waals surface area (Å²) in [5, 5.41) is 17.0. The molecule has 3 heterocycles. The summed E-state index contributed by atoms with van der Waals surface area (Å²) in [5.74, 6) is -1.03. The van der Waals surface area contributed by atoms with Gasteiger partial charge in [-0.15, -0.1) is 10.2 Å². The average molecular weight is 589 g/mol. The van der Waals surface area contributed by atoms with Crippen LogP contribution >= 0.6 is 0 Å². The molecule has 222 valence electrons. The second-order valence-corrected chi connectivity index (χ2v) is 11.4. The fraction of sp³-hybridized carbons (Fsp3) is 0.300. The number of alkyl carbamates (subject to hydrolysis) is 1. The molecule has 1 amide bonds. The lowest BCUT2D eigenvalue weighted by Gasteiger charge is -2.25. The Morgan fingerprint density at radius 3 is 2.42 bits per heavy atom. The number of nitrogens with one attached hydrogen (secondary N) is 2. The molecule has 2 N–H and O–H groups in total. The van der Waals surface area contributed by atoms with Crippen molar-refractivity contribution >= 4 is 17.0 Å². The van der Waals surface area contributed by atoms with Gasteiger partial charge in [-0.2, -0.15) is 5.21 Å². The van der Waals surface area contributed by atoms with Crippen molar-refractivity contribution < 1.29 is 18.3 Å². The van der Waals surface area contributed by atoms with Crippen LogP contribution in [0.2, 0.25) is 0 Å². The Morgan fingerprint density at radius 1 is 1.07 bits per heavy atom. The molecule has 3 aromatic heterocycles. The number of aromatic amines is 1. The predicted molar refractivity (Wildman–Crippen MR) is 155 cm³/mol. The number of ether oxygens (including phenoxy) is 1. The molecule has 0 aliphatic heterocycles. The highest BCUT2D eigenvalue weighted by molar-refractivity contribution is 5.83. The number of carbonyl (C=O) groups is 1. The first-order valence-corrected chi connectivity index (χ1v) is 13.6. The van der Waals surface area contributed by atoms with E-state index in [1.165, 1.54) is 4.57 Å². The largest absolute Gasteiger partial charge is 0.444 e. The van der Waals surface area contributed by atoms with Crippen molar-refractivity contribution in [2.24, 2.45) is 0 Å². The molecule has 0 fully saturated rings.